The third kappa shape index (κ3) is 8.57. The molecule has 0 unspecified atom stereocenters. The molecule has 2 N–H and O–H groups in total. The molecular weight excluding hydrogens is 474 g/mol. The molecule has 1 fully saturated rings. The number of fused-ring (bicyclic) bond motifs is 1. The Morgan fingerprint density at radius 2 is 2.00 bits per heavy atom. The summed E-state index contributed by atoms with van der Waals surface area (Å²) in [6.45, 7) is 13.7. The number of aromatic nitrogens is 3. The molecule has 0 saturated carbocycles. The highest BCUT2D eigenvalue weighted by Gasteiger charge is 2.11. The van der Waals surface area contributed by atoms with Crippen LogP contribution in [0.3, 0.4) is 0 Å². The maximum atomic E-state index is 11.6. The topological polar surface area (TPSA) is 92.3 Å². The minimum absolute atomic E-state index is 0.0423. The van der Waals surface area contributed by atoms with Crippen LogP contribution in [-0.4, -0.2) is 40.2 Å². The van der Waals surface area contributed by atoms with Crippen molar-refractivity contribution in [1.29, 1.82) is 0 Å². The third-order valence-corrected chi connectivity index (χ3v) is 5.73. The molecule has 194 valence electrons. The van der Waals surface area contributed by atoms with Crippen molar-refractivity contribution in [2.45, 2.75) is 60.8 Å². The summed E-state index contributed by atoms with van der Waals surface area (Å²) in [6.07, 6.45) is 8.81. The molecule has 2 aromatic heterocycles. The molecule has 0 amide bonds. The SMILES string of the molecule is C/C=C(\N=CCC)c1ccnc(Nc2cc(Cl)c3[nH]c(C(C)=O)cc3c2)n1.CC.CC1CCOCC1. The van der Waals surface area contributed by atoms with Crippen molar-refractivity contribution in [3.8, 4) is 0 Å². The number of ether oxygens (including phenoxy) is 1. The maximum absolute atomic E-state index is 11.6. The molecule has 1 aliphatic heterocycles. The number of halogens is 1. The van der Waals surface area contributed by atoms with E-state index in [4.69, 9.17) is 16.3 Å². The van der Waals surface area contributed by atoms with E-state index in [1.54, 1.807) is 18.3 Å². The van der Waals surface area contributed by atoms with E-state index in [0.717, 1.165) is 53.5 Å². The van der Waals surface area contributed by atoms with Gasteiger partial charge in [-0.05, 0) is 56.4 Å². The Bertz CT molecular complexity index is 1180. The van der Waals surface area contributed by atoms with Crippen molar-refractivity contribution < 1.29 is 9.53 Å². The molecule has 0 radical (unpaired) electrons. The van der Waals surface area contributed by atoms with Gasteiger partial charge in [-0.15, -0.1) is 0 Å². The summed E-state index contributed by atoms with van der Waals surface area (Å²) in [5.74, 6) is 1.31. The van der Waals surface area contributed by atoms with E-state index in [2.05, 4.69) is 32.2 Å². The van der Waals surface area contributed by atoms with E-state index < -0.39 is 0 Å². The zero-order valence-corrected chi connectivity index (χ0v) is 22.9. The number of anilines is 2. The minimum Gasteiger partial charge on any atom is -0.381 e. The Labute approximate surface area is 219 Å². The number of rotatable bonds is 6. The predicted octanol–water partition coefficient (Wildman–Crippen LogP) is 7.86. The van der Waals surface area contributed by atoms with Gasteiger partial charge >= 0.3 is 0 Å². The van der Waals surface area contributed by atoms with Crippen LogP contribution in [0.25, 0.3) is 16.6 Å². The van der Waals surface area contributed by atoms with E-state index in [0.29, 0.717) is 16.7 Å². The van der Waals surface area contributed by atoms with Gasteiger partial charge < -0.3 is 15.0 Å². The monoisotopic (exact) mass is 511 g/mol. The molecule has 36 heavy (non-hydrogen) atoms. The van der Waals surface area contributed by atoms with Crippen LogP contribution in [0, 0.1) is 5.92 Å². The second-order valence-electron chi connectivity index (χ2n) is 8.24. The van der Waals surface area contributed by atoms with Gasteiger partial charge in [0.15, 0.2) is 5.78 Å². The summed E-state index contributed by atoms with van der Waals surface area (Å²) in [5.41, 5.74) is 3.50. The van der Waals surface area contributed by atoms with E-state index in [1.165, 1.54) is 19.8 Å². The van der Waals surface area contributed by atoms with Crippen molar-refractivity contribution >= 4 is 51.8 Å². The number of nitrogens with zero attached hydrogens (tertiary/aromatic N) is 3. The molecule has 3 aromatic rings. The van der Waals surface area contributed by atoms with Gasteiger partial charge in [0.1, 0.15) is 0 Å². The number of carbonyl (C=O) groups is 1. The van der Waals surface area contributed by atoms with Crippen LogP contribution in [0.4, 0.5) is 11.6 Å². The lowest BCUT2D eigenvalue weighted by atomic mass is 10.0. The fourth-order valence-electron chi connectivity index (χ4n) is 3.45. The lowest BCUT2D eigenvalue weighted by molar-refractivity contribution is 0.0716. The lowest BCUT2D eigenvalue weighted by Crippen LogP contribution is -2.12. The number of benzene rings is 1. The quantitative estimate of drug-likeness (QED) is 0.259. The first-order chi connectivity index (χ1) is 17.4. The third-order valence-electron chi connectivity index (χ3n) is 5.43. The highest BCUT2D eigenvalue weighted by molar-refractivity contribution is 6.35. The van der Waals surface area contributed by atoms with Crippen molar-refractivity contribution in [2.24, 2.45) is 10.9 Å². The average Bonchev–Trinajstić information content (AvgIpc) is 3.32. The second-order valence-corrected chi connectivity index (χ2v) is 8.65. The number of aliphatic imine (C=N–C) groups is 1. The predicted molar refractivity (Wildman–Crippen MR) is 152 cm³/mol. The van der Waals surface area contributed by atoms with Crippen LogP contribution < -0.4 is 5.32 Å². The minimum atomic E-state index is -0.0423. The number of H-pyrrole nitrogens is 1. The Morgan fingerprint density at radius 1 is 1.28 bits per heavy atom. The highest BCUT2D eigenvalue weighted by Crippen LogP contribution is 2.29. The Morgan fingerprint density at radius 3 is 2.58 bits per heavy atom. The van der Waals surface area contributed by atoms with E-state index in [9.17, 15) is 4.79 Å². The lowest BCUT2D eigenvalue weighted by Gasteiger charge is -2.16. The number of Topliss-reactive ketones (excluding diaryl/α,β-unsaturated/α-hetero) is 1. The van der Waals surface area contributed by atoms with Crippen LogP contribution in [0.2, 0.25) is 5.02 Å². The highest BCUT2D eigenvalue weighted by atomic mass is 35.5. The molecule has 1 aliphatic rings. The van der Waals surface area contributed by atoms with Crippen molar-refractivity contribution in [1.82, 2.24) is 15.0 Å². The van der Waals surface area contributed by atoms with Gasteiger partial charge in [0.2, 0.25) is 5.95 Å². The normalized spacial score (nSPS) is 14.1. The first-order valence-electron chi connectivity index (χ1n) is 12.6. The van der Waals surface area contributed by atoms with E-state index in [-0.39, 0.29) is 5.78 Å². The molecule has 1 aromatic carbocycles. The van der Waals surface area contributed by atoms with Gasteiger partial charge in [-0.1, -0.05) is 45.4 Å². The molecule has 4 rings (SSSR count). The van der Waals surface area contributed by atoms with Gasteiger partial charge in [0.25, 0.3) is 0 Å². The zero-order valence-electron chi connectivity index (χ0n) is 22.2. The molecule has 8 heteroatoms. The smallest absolute Gasteiger partial charge is 0.227 e. The standard InChI is InChI=1S/C20H20ClN5O.C6H12O.C2H6/c1-4-7-22-16(5-2)17-6-8-23-20(26-17)24-14-9-13-10-18(12(3)27)25-19(13)15(21)11-14;1-6-2-4-7-5-3-6;1-2/h5-11,25H,4H2,1-3H3,(H,23,24,26);6H,2-5H2,1H3;1-2H3/b16-5-,22-7?;;. The summed E-state index contributed by atoms with van der Waals surface area (Å²) in [6, 6.07) is 7.26. The molecule has 1 saturated heterocycles. The van der Waals surface area contributed by atoms with Gasteiger partial charge in [-0.2, -0.15) is 0 Å². The van der Waals surface area contributed by atoms with Gasteiger partial charge in [0, 0.05) is 43.6 Å². The van der Waals surface area contributed by atoms with Gasteiger partial charge in [0.05, 0.1) is 27.6 Å². The van der Waals surface area contributed by atoms with E-state index >= 15 is 0 Å². The number of nitrogens with one attached hydrogen (secondary N) is 2. The fourth-order valence-corrected chi connectivity index (χ4v) is 3.72. The maximum Gasteiger partial charge on any atom is 0.227 e. The first-order valence-corrected chi connectivity index (χ1v) is 13.0. The molecule has 0 aliphatic carbocycles. The van der Waals surface area contributed by atoms with Crippen molar-refractivity contribution in [3.05, 3.63) is 52.9 Å². The van der Waals surface area contributed by atoms with Crippen LogP contribution >= 0.6 is 11.6 Å². The number of allylic oxidation sites excluding steroid dienone is 1. The molecule has 0 bridgehead atoms. The molecule has 7 nitrogen and oxygen atoms in total. The van der Waals surface area contributed by atoms with Gasteiger partial charge in [-0.25, -0.2) is 9.97 Å². The number of ketones is 1. The zero-order chi connectivity index (χ0) is 26.5. The summed E-state index contributed by atoms with van der Waals surface area (Å²) < 4.78 is 5.14. The summed E-state index contributed by atoms with van der Waals surface area (Å²) >= 11 is 6.36. The fraction of sp³-hybridized carbons (Fsp3) is 0.429. The first kappa shape index (κ1) is 29.2. The number of carbonyl (C=O) groups excluding carboxylic acids is 1. The van der Waals surface area contributed by atoms with Gasteiger partial charge in [-0.3, -0.25) is 9.79 Å². The number of hydrogen-bond acceptors (Lipinski definition) is 6. The van der Waals surface area contributed by atoms with Crippen molar-refractivity contribution in [3.63, 3.8) is 0 Å². The van der Waals surface area contributed by atoms with Crippen LogP contribution in [0.1, 0.15) is 77.0 Å². The Kier molecular flexibility index (Phi) is 12.3. The Balaban J connectivity index is 0.000000431. The van der Waals surface area contributed by atoms with Crippen LogP contribution in [0.5, 0.6) is 0 Å². The Hall–Kier alpha value is -3.03. The largest absolute Gasteiger partial charge is 0.381 e. The number of aromatic amines is 1. The second kappa shape index (κ2) is 15.2. The summed E-state index contributed by atoms with van der Waals surface area (Å²) in [4.78, 5) is 27.8. The van der Waals surface area contributed by atoms with Crippen molar-refractivity contribution in [2.75, 3.05) is 18.5 Å². The molecule has 0 spiro atoms. The van der Waals surface area contributed by atoms with E-state index in [1.807, 2.05) is 52.1 Å². The summed E-state index contributed by atoms with van der Waals surface area (Å²) in [7, 11) is 0. The van der Waals surface area contributed by atoms with Crippen LogP contribution in [-0.2, 0) is 4.74 Å². The molecular formula is C28H38ClN5O2. The molecule has 0 atom stereocenters. The molecule has 3 heterocycles. The number of hydrogen-bond donors (Lipinski definition) is 2. The summed E-state index contributed by atoms with van der Waals surface area (Å²) in [5, 5.41) is 4.52. The van der Waals surface area contributed by atoms with Crippen LogP contribution in [0.15, 0.2) is 41.5 Å². The average molecular weight is 512 g/mol.